The minimum Gasteiger partial charge on any atom is -0.467 e. The molecule has 5 nitrogen and oxygen atoms in total. The first-order chi connectivity index (χ1) is 16.1. The Morgan fingerprint density at radius 3 is 2.36 bits per heavy atom. The van der Waals surface area contributed by atoms with Gasteiger partial charge in [-0.25, -0.2) is 4.98 Å². The van der Waals surface area contributed by atoms with Crippen LogP contribution in [0.1, 0.15) is 55.3 Å². The number of amides is 1. The third kappa shape index (κ3) is 5.98. The maximum atomic E-state index is 12.6. The maximum absolute atomic E-state index is 12.6. The summed E-state index contributed by atoms with van der Waals surface area (Å²) in [6.45, 7) is 5.76. The molecule has 0 bridgehead atoms. The summed E-state index contributed by atoms with van der Waals surface area (Å²) < 4.78 is 6.04. The van der Waals surface area contributed by atoms with E-state index in [1.54, 1.807) is 0 Å². The highest BCUT2D eigenvalue weighted by molar-refractivity contribution is 5.78. The summed E-state index contributed by atoms with van der Waals surface area (Å²) in [7, 11) is 0. The van der Waals surface area contributed by atoms with Crippen molar-refractivity contribution >= 4 is 5.91 Å². The number of likely N-dealkylation sites (tertiary alicyclic amines) is 1. The van der Waals surface area contributed by atoms with Crippen LogP contribution in [-0.2, 0) is 17.6 Å². The third-order valence-corrected chi connectivity index (χ3v) is 6.17. The van der Waals surface area contributed by atoms with Crippen LogP contribution in [0, 0.1) is 6.92 Å². The first kappa shape index (κ1) is 23.0. The van der Waals surface area contributed by atoms with Gasteiger partial charge in [0, 0.05) is 25.1 Å². The first-order valence-electron chi connectivity index (χ1n) is 12.1. The summed E-state index contributed by atoms with van der Waals surface area (Å²) in [6, 6.07) is 19.0. The summed E-state index contributed by atoms with van der Waals surface area (Å²) in [6.07, 6.45) is 5.86. The van der Waals surface area contributed by atoms with E-state index in [2.05, 4.69) is 60.4 Å². The number of rotatable bonds is 9. The number of benzene rings is 2. The molecule has 1 fully saturated rings. The second kappa shape index (κ2) is 11.1. The lowest BCUT2D eigenvalue weighted by atomic mass is 9.98. The second-order valence-corrected chi connectivity index (χ2v) is 8.72. The molecule has 0 radical (unpaired) electrons. The molecule has 0 atom stereocenters. The van der Waals surface area contributed by atoms with Crippen LogP contribution in [0.4, 0.5) is 0 Å². The molecule has 0 saturated carbocycles. The number of nitrogens with zero attached hydrogens (tertiary/aromatic N) is 3. The highest BCUT2D eigenvalue weighted by atomic mass is 16.5. The fourth-order valence-corrected chi connectivity index (χ4v) is 4.31. The quantitative estimate of drug-likeness (QED) is 0.445. The Labute approximate surface area is 196 Å². The predicted molar refractivity (Wildman–Crippen MR) is 131 cm³/mol. The Hall–Kier alpha value is -3.21. The van der Waals surface area contributed by atoms with Crippen molar-refractivity contribution in [2.24, 2.45) is 0 Å². The number of ether oxygens (including phenoxy) is 1. The van der Waals surface area contributed by atoms with E-state index in [9.17, 15) is 4.79 Å². The standard InChI is InChI=1S/C28H33N3O2/c1-3-4-12-26-25(19-22-13-15-24(16-14-22)23-10-6-5-7-11-23)28(30-21(2)29-26)33-20-27(32)31-17-8-9-18-31/h5-7,10-11,13-16H,3-4,8-9,12,17-20H2,1-2H3. The van der Waals surface area contributed by atoms with Gasteiger partial charge in [0.1, 0.15) is 5.82 Å². The van der Waals surface area contributed by atoms with Gasteiger partial charge in [-0.2, -0.15) is 4.98 Å². The lowest BCUT2D eigenvalue weighted by Gasteiger charge is -2.18. The van der Waals surface area contributed by atoms with Crippen molar-refractivity contribution in [1.29, 1.82) is 0 Å². The topological polar surface area (TPSA) is 55.3 Å². The van der Waals surface area contributed by atoms with Crippen LogP contribution in [0.25, 0.3) is 11.1 Å². The zero-order valence-electron chi connectivity index (χ0n) is 19.7. The Balaban J connectivity index is 1.57. The van der Waals surface area contributed by atoms with E-state index in [0.29, 0.717) is 18.1 Å². The van der Waals surface area contributed by atoms with Crippen LogP contribution >= 0.6 is 0 Å². The van der Waals surface area contributed by atoms with Gasteiger partial charge in [0.15, 0.2) is 6.61 Å². The van der Waals surface area contributed by atoms with E-state index in [1.165, 1.54) is 16.7 Å². The van der Waals surface area contributed by atoms with E-state index in [4.69, 9.17) is 9.72 Å². The van der Waals surface area contributed by atoms with Gasteiger partial charge in [0.25, 0.3) is 5.91 Å². The fourth-order valence-electron chi connectivity index (χ4n) is 4.31. The van der Waals surface area contributed by atoms with Gasteiger partial charge in [-0.1, -0.05) is 67.9 Å². The summed E-state index contributed by atoms with van der Waals surface area (Å²) >= 11 is 0. The molecule has 1 amide bonds. The van der Waals surface area contributed by atoms with Crippen molar-refractivity contribution in [2.75, 3.05) is 19.7 Å². The minimum atomic E-state index is 0.0314. The molecule has 1 aliphatic heterocycles. The highest BCUT2D eigenvalue weighted by Crippen LogP contribution is 2.26. The fraction of sp³-hybridized carbons (Fsp3) is 0.393. The number of hydrogen-bond acceptors (Lipinski definition) is 4. The van der Waals surface area contributed by atoms with Crippen molar-refractivity contribution in [1.82, 2.24) is 14.9 Å². The molecule has 2 heterocycles. The molecule has 0 unspecified atom stereocenters. The van der Waals surface area contributed by atoms with Gasteiger partial charge in [0.05, 0.1) is 5.69 Å². The Kier molecular flexibility index (Phi) is 7.71. The number of unbranched alkanes of at least 4 members (excludes halogenated alkanes) is 1. The molecular weight excluding hydrogens is 410 g/mol. The average molecular weight is 444 g/mol. The smallest absolute Gasteiger partial charge is 0.260 e. The summed E-state index contributed by atoms with van der Waals surface area (Å²) in [4.78, 5) is 23.8. The number of aryl methyl sites for hydroxylation is 2. The van der Waals surface area contributed by atoms with Gasteiger partial charge >= 0.3 is 0 Å². The van der Waals surface area contributed by atoms with Crippen molar-refractivity contribution in [2.45, 2.75) is 52.4 Å². The normalized spacial score (nSPS) is 13.3. The molecule has 1 aromatic heterocycles. The molecule has 2 aromatic carbocycles. The lowest BCUT2D eigenvalue weighted by molar-refractivity contribution is -0.132. The van der Waals surface area contributed by atoms with Crippen molar-refractivity contribution in [3.8, 4) is 17.0 Å². The van der Waals surface area contributed by atoms with Crippen LogP contribution in [0.3, 0.4) is 0 Å². The van der Waals surface area contributed by atoms with Crippen LogP contribution in [0.2, 0.25) is 0 Å². The zero-order valence-corrected chi connectivity index (χ0v) is 19.7. The van der Waals surface area contributed by atoms with E-state index in [-0.39, 0.29) is 12.5 Å². The molecule has 4 rings (SSSR count). The second-order valence-electron chi connectivity index (χ2n) is 8.72. The number of carbonyl (C=O) groups is 1. The molecule has 33 heavy (non-hydrogen) atoms. The molecule has 172 valence electrons. The zero-order chi connectivity index (χ0) is 23.0. The Morgan fingerprint density at radius 2 is 1.67 bits per heavy atom. The van der Waals surface area contributed by atoms with Crippen molar-refractivity contribution in [3.05, 3.63) is 77.2 Å². The Bertz CT molecular complexity index is 1060. The summed E-state index contributed by atoms with van der Waals surface area (Å²) in [5.74, 6) is 1.28. The van der Waals surface area contributed by atoms with Gasteiger partial charge in [-0.3, -0.25) is 4.79 Å². The van der Waals surface area contributed by atoms with E-state index < -0.39 is 0 Å². The summed E-state index contributed by atoms with van der Waals surface area (Å²) in [5.41, 5.74) is 5.60. The third-order valence-electron chi connectivity index (χ3n) is 6.17. The maximum Gasteiger partial charge on any atom is 0.260 e. The van der Waals surface area contributed by atoms with Gasteiger partial charge in [0.2, 0.25) is 5.88 Å². The van der Waals surface area contributed by atoms with Crippen LogP contribution in [-0.4, -0.2) is 40.5 Å². The lowest BCUT2D eigenvalue weighted by Crippen LogP contribution is -2.32. The van der Waals surface area contributed by atoms with Crippen molar-refractivity contribution < 1.29 is 9.53 Å². The molecular formula is C28H33N3O2. The monoisotopic (exact) mass is 443 g/mol. The van der Waals surface area contributed by atoms with E-state index >= 15 is 0 Å². The molecule has 1 saturated heterocycles. The Morgan fingerprint density at radius 1 is 0.970 bits per heavy atom. The van der Waals surface area contributed by atoms with Crippen LogP contribution in [0.5, 0.6) is 5.88 Å². The number of hydrogen-bond donors (Lipinski definition) is 0. The average Bonchev–Trinajstić information content (AvgIpc) is 3.39. The van der Waals surface area contributed by atoms with Crippen LogP contribution in [0.15, 0.2) is 54.6 Å². The largest absolute Gasteiger partial charge is 0.467 e. The highest BCUT2D eigenvalue weighted by Gasteiger charge is 2.21. The minimum absolute atomic E-state index is 0.0314. The van der Waals surface area contributed by atoms with Gasteiger partial charge in [-0.05, 0) is 49.3 Å². The molecule has 5 heteroatoms. The predicted octanol–water partition coefficient (Wildman–Crippen LogP) is 5.39. The summed E-state index contributed by atoms with van der Waals surface area (Å²) in [5, 5.41) is 0. The number of aromatic nitrogens is 2. The molecule has 0 aliphatic carbocycles. The number of carbonyl (C=O) groups excluding carboxylic acids is 1. The van der Waals surface area contributed by atoms with Crippen molar-refractivity contribution in [3.63, 3.8) is 0 Å². The van der Waals surface area contributed by atoms with Gasteiger partial charge in [-0.15, -0.1) is 0 Å². The van der Waals surface area contributed by atoms with Crippen LogP contribution < -0.4 is 4.74 Å². The molecule has 1 aliphatic rings. The molecule has 0 N–H and O–H groups in total. The SMILES string of the molecule is CCCCc1nc(C)nc(OCC(=O)N2CCCC2)c1Cc1ccc(-c2ccccc2)cc1. The molecule has 3 aromatic rings. The van der Waals surface area contributed by atoms with Gasteiger partial charge < -0.3 is 9.64 Å². The van der Waals surface area contributed by atoms with E-state index in [1.807, 2.05) is 17.9 Å². The first-order valence-corrected chi connectivity index (χ1v) is 12.1. The van der Waals surface area contributed by atoms with E-state index in [0.717, 1.165) is 56.5 Å². The molecule has 0 spiro atoms.